The Bertz CT molecular complexity index is 268. The maximum atomic E-state index is 2.37. The molecule has 0 nitrogen and oxygen atoms in total. The van der Waals surface area contributed by atoms with E-state index in [9.17, 15) is 0 Å². The summed E-state index contributed by atoms with van der Waals surface area (Å²) in [7, 11) is 0. The fourth-order valence-electron chi connectivity index (χ4n) is 5.91. The minimum atomic E-state index is -1.69. The van der Waals surface area contributed by atoms with E-state index >= 15 is 0 Å². The first-order valence-corrected chi connectivity index (χ1v) is 32.6. The SMILES string of the molecule is CCC[CH2][Sn]([CH2]CCC)([CH2]CCC)[CH2]CCC.CCC[CH2][Sn]([CH2]CCC)([CH2]CCC)[CH2]CCC. The topological polar surface area (TPSA) is 0 Å². The van der Waals surface area contributed by atoms with Crippen LogP contribution in [0.4, 0.5) is 0 Å². The van der Waals surface area contributed by atoms with Crippen molar-refractivity contribution >= 4 is 36.8 Å². The molecule has 0 radical (unpaired) electrons. The van der Waals surface area contributed by atoms with Crippen molar-refractivity contribution in [2.24, 2.45) is 0 Å². The predicted octanol–water partition coefficient (Wildman–Crippen LogP) is 13.3. The van der Waals surface area contributed by atoms with Gasteiger partial charge in [0.2, 0.25) is 0 Å². The first-order chi connectivity index (χ1) is 16.5. The zero-order valence-electron chi connectivity index (χ0n) is 26.0. The zero-order chi connectivity index (χ0) is 26.0. The van der Waals surface area contributed by atoms with Gasteiger partial charge >= 0.3 is 230 Å². The Hall–Kier alpha value is 1.60. The van der Waals surface area contributed by atoms with Gasteiger partial charge in [0.1, 0.15) is 0 Å². The molecular formula is C32H72Sn2. The molecule has 0 N–H and O–H groups in total. The van der Waals surface area contributed by atoms with Crippen LogP contribution < -0.4 is 0 Å². The van der Waals surface area contributed by atoms with Crippen molar-refractivity contribution in [3.8, 4) is 0 Å². The Morgan fingerprint density at radius 2 is 0.353 bits per heavy atom. The fourth-order valence-corrected chi connectivity index (χ4v) is 39.7. The van der Waals surface area contributed by atoms with E-state index in [2.05, 4.69) is 55.4 Å². The summed E-state index contributed by atoms with van der Waals surface area (Å²) in [5.41, 5.74) is 0. The molecule has 0 aromatic rings. The second kappa shape index (κ2) is 27.6. The Kier molecular flexibility index (Phi) is 30.7. The fraction of sp³-hybridized carbons (Fsp3) is 1.00. The zero-order valence-corrected chi connectivity index (χ0v) is 31.7. The van der Waals surface area contributed by atoms with Gasteiger partial charge in [0.25, 0.3) is 0 Å². The summed E-state index contributed by atoms with van der Waals surface area (Å²) in [5, 5.41) is 0. The normalized spacial score (nSPS) is 12.0. The monoisotopic (exact) mass is 696 g/mol. The molecule has 0 fully saturated rings. The quantitative estimate of drug-likeness (QED) is 0.0883. The molecule has 0 aliphatic heterocycles. The molecule has 0 aliphatic carbocycles. The number of hydrogen-bond acceptors (Lipinski definition) is 0. The van der Waals surface area contributed by atoms with Gasteiger partial charge in [0, 0.05) is 0 Å². The molecule has 0 aromatic heterocycles. The third-order valence-corrected chi connectivity index (χ3v) is 40.8. The molecule has 2 heteroatoms. The van der Waals surface area contributed by atoms with Crippen LogP contribution in [0.25, 0.3) is 0 Å². The van der Waals surface area contributed by atoms with Crippen molar-refractivity contribution in [2.75, 3.05) is 0 Å². The minimum absolute atomic E-state index is 1.42. The Morgan fingerprint density at radius 1 is 0.235 bits per heavy atom. The number of hydrogen-bond donors (Lipinski definition) is 0. The van der Waals surface area contributed by atoms with E-state index in [1.165, 1.54) is 103 Å². The molecule has 34 heavy (non-hydrogen) atoms. The molecule has 0 heterocycles. The summed E-state index contributed by atoms with van der Waals surface area (Å²) >= 11 is -3.38. The van der Waals surface area contributed by atoms with Gasteiger partial charge in [-0.2, -0.15) is 0 Å². The third-order valence-electron chi connectivity index (χ3n) is 8.49. The summed E-state index contributed by atoms with van der Waals surface area (Å²) in [6.07, 6.45) is 23.6. The van der Waals surface area contributed by atoms with E-state index in [0.29, 0.717) is 0 Å². The van der Waals surface area contributed by atoms with Gasteiger partial charge in [-0.25, -0.2) is 0 Å². The van der Waals surface area contributed by atoms with Crippen LogP contribution in [0.2, 0.25) is 35.5 Å². The molecule has 0 aliphatic rings. The molecule has 0 bridgehead atoms. The summed E-state index contributed by atoms with van der Waals surface area (Å²) in [4.78, 5) is 0. The van der Waals surface area contributed by atoms with Crippen LogP contribution in [0, 0.1) is 0 Å². The van der Waals surface area contributed by atoms with Gasteiger partial charge in [0.15, 0.2) is 0 Å². The van der Waals surface area contributed by atoms with Gasteiger partial charge in [-0.15, -0.1) is 0 Å². The van der Waals surface area contributed by atoms with E-state index in [1.54, 1.807) is 35.5 Å². The van der Waals surface area contributed by atoms with E-state index in [-0.39, 0.29) is 0 Å². The molecule has 0 saturated heterocycles. The molecule has 0 saturated carbocycles. The summed E-state index contributed by atoms with van der Waals surface area (Å²) in [6.45, 7) is 19.0. The van der Waals surface area contributed by atoms with Crippen LogP contribution in [0.5, 0.6) is 0 Å². The molecule has 0 spiro atoms. The van der Waals surface area contributed by atoms with Crippen LogP contribution in [0.15, 0.2) is 0 Å². The van der Waals surface area contributed by atoms with Crippen molar-refractivity contribution < 1.29 is 0 Å². The summed E-state index contributed by atoms with van der Waals surface area (Å²) < 4.78 is 13.6. The maximum absolute atomic E-state index is 2.37. The van der Waals surface area contributed by atoms with Gasteiger partial charge in [-0.05, 0) is 0 Å². The molecule has 0 rings (SSSR count). The van der Waals surface area contributed by atoms with Gasteiger partial charge in [0.05, 0.1) is 0 Å². The van der Waals surface area contributed by atoms with E-state index in [1.807, 2.05) is 0 Å². The van der Waals surface area contributed by atoms with Crippen molar-refractivity contribution in [2.45, 2.75) is 194 Å². The van der Waals surface area contributed by atoms with Crippen molar-refractivity contribution in [1.82, 2.24) is 0 Å². The third kappa shape index (κ3) is 20.6. The average molecular weight is 694 g/mol. The van der Waals surface area contributed by atoms with Crippen molar-refractivity contribution in [1.29, 1.82) is 0 Å². The molecule has 0 amide bonds. The first kappa shape index (κ1) is 37.7. The van der Waals surface area contributed by atoms with Crippen LogP contribution in [0.3, 0.4) is 0 Å². The van der Waals surface area contributed by atoms with Gasteiger partial charge < -0.3 is 0 Å². The standard InChI is InChI=1S/8C4H9.2Sn/c8*1-3-4-2;;/h8*1,3-4H2,2H3;;. The van der Waals surface area contributed by atoms with Crippen molar-refractivity contribution in [3.63, 3.8) is 0 Å². The summed E-state index contributed by atoms with van der Waals surface area (Å²) in [6, 6.07) is 0. The van der Waals surface area contributed by atoms with Crippen LogP contribution >= 0.6 is 0 Å². The molecule has 0 unspecified atom stereocenters. The first-order valence-electron chi connectivity index (χ1n) is 16.5. The van der Waals surface area contributed by atoms with Gasteiger partial charge in [-0.1, -0.05) is 0 Å². The van der Waals surface area contributed by atoms with E-state index in [0.717, 1.165) is 0 Å². The van der Waals surface area contributed by atoms with Crippen LogP contribution in [-0.2, 0) is 0 Å². The van der Waals surface area contributed by atoms with Crippen LogP contribution in [-0.4, -0.2) is 36.8 Å². The number of rotatable bonds is 24. The van der Waals surface area contributed by atoms with Crippen LogP contribution in [0.1, 0.15) is 158 Å². The Labute approximate surface area is 228 Å². The molecule has 0 aromatic carbocycles. The molecule has 0 atom stereocenters. The summed E-state index contributed by atoms with van der Waals surface area (Å²) in [5.74, 6) is 0. The second-order valence-electron chi connectivity index (χ2n) is 11.8. The Morgan fingerprint density at radius 3 is 0.441 bits per heavy atom. The van der Waals surface area contributed by atoms with E-state index in [4.69, 9.17) is 0 Å². The predicted molar refractivity (Wildman–Crippen MR) is 169 cm³/mol. The number of unbranched alkanes of at least 4 members (excludes halogenated alkanes) is 8. The second-order valence-corrected chi connectivity index (χ2v) is 40.4. The van der Waals surface area contributed by atoms with E-state index < -0.39 is 36.8 Å². The molecular weight excluding hydrogens is 622 g/mol. The average Bonchev–Trinajstić information content (AvgIpc) is 2.87. The van der Waals surface area contributed by atoms with Gasteiger partial charge in [-0.3, -0.25) is 0 Å². The van der Waals surface area contributed by atoms with Crippen molar-refractivity contribution in [3.05, 3.63) is 0 Å². The Balaban J connectivity index is 0. The molecule has 208 valence electrons.